The topological polar surface area (TPSA) is 53.6 Å². The molecular weight excluding hydrogens is 267 g/mol. The Balaban J connectivity index is 2.01. The zero-order valence-corrected chi connectivity index (χ0v) is 12.8. The monoisotopic (exact) mass is 288 g/mol. The molecule has 3 rings (SSSR count). The van der Waals surface area contributed by atoms with Gasteiger partial charge in [-0.05, 0) is 37.7 Å². The Morgan fingerprint density at radius 1 is 1.38 bits per heavy atom. The number of nitrogens with one attached hydrogen (secondary N) is 2. The minimum absolute atomic E-state index is 0.301. The van der Waals surface area contributed by atoms with Gasteiger partial charge in [0.2, 0.25) is 5.95 Å². The third-order valence-corrected chi connectivity index (χ3v) is 4.09. The van der Waals surface area contributed by atoms with Crippen LogP contribution >= 0.6 is 0 Å². The Hall–Kier alpha value is -1.91. The minimum atomic E-state index is -0.476. The smallest absolute Gasteiger partial charge is 0.215 e. The maximum absolute atomic E-state index is 13.7. The molecule has 0 atom stereocenters. The van der Waals surface area contributed by atoms with Gasteiger partial charge in [-0.25, -0.2) is 4.98 Å². The Morgan fingerprint density at radius 3 is 2.95 bits per heavy atom. The van der Waals surface area contributed by atoms with Gasteiger partial charge in [-0.2, -0.15) is 9.49 Å². The molecule has 2 aromatic heterocycles. The van der Waals surface area contributed by atoms with Crippen molar-refractivity contribution in [3.8, 4) is 11.3 Å². The molecule has 2 heterocycles. The molecule has 2 aromatic rings. The highest BCUT2D eigenvalue weighted by Gasteiger charge is 2.29. The lowest BCUT2D eigenvalue weighted by Crippen LogP contribution is -2.21. The number of aromatic amines is 1. The maximum Gasteiger partial charge on any atom is 0.215 e. The van der Waals surface area contributed by atoms with Crippen LogP contribution in [-0.2, 0) is 12.8 Å². The molecule has 21 heavy (non-hydrogen) atoms. The average molecular weight is 288 g/mol. The number of halogens is 1. The first kappa shape index (κ1) is 14.0. The van der Waals surface area contributed by atoms with Crippen LogP contribution in [-0.4, -0.2) is 21.7 Å². The van der Waals surface area contributed by atoms with Crippen molar-refractivity contribution in [3.05, 3.63) is 29.3 Å². The van der Waals surface area contributed by atoms with E-state index in [9.17, 15) is 4.39 Å². The number of pyridine rings is 1. The summed E-state index contributed by atoms with van der Waals surface area (Å²) in [5.41, 5.74) is 4.36. The van der Waals surface area contributed by atoms with Crippen molar-refractivity contribution in [1.29, 1.82) is 0 Å². The third-order valence-electron chi connectivity index (χ3n) is 4.09. The zero-order chi connectivity index (χ0) is 15.0. The predicted octanol–water partition coefficient (Wildman–Crippen LogP) is 3.56. The molecule has 2 N–H and O–H groups in total. The normalized spacial score (nSPS) is 16.6. The van der Waals surface area contributed by atoms with E-state index in [1.54, 1.807) is 0 Å². The molecule has 5 heteroatoms. The Labute approximate surface area is 124 Å². The lowest BCUT2D eigenvalue weighted by atomic mass is 9.76. The van der Waals surface area contributed by atoms with E-state index in [1.807, 2.05) is 13.0 Å². The minimum Gasteiger partial charge on any atom is -0.370 e. The summed E-state index contributed by atoms with van der Waals surface area (Å²) < 4.78 is 13.7. The van der Waals surface area contributed by atoms with Crippen LogP contribution < -0.4 is 5.32 Å². The fourth-order valence-corrected chi connectivity index (χ4v) is 2.99. The van der Waals surface area contributed by atoms with Gasteiger partial charge in [0.05, 0.1) is 5.69 Å². The lowest BCUT2D eigenvalue weighted by molar-refractivity contribution is 0.312. The highest BCUT2D eigenvalue weighted by molar-refractivity contribution is 5.67. The molecular formula is C16H21FN4. The standard InChI is InChI=1S/C16H21FN4/c1-4-18-14-8-10(7-13(17)19-14)15-11-5-6-16(2,3)9-12(11)20-21-15/h7-8H,4-6,9H2,1-3H3,(H,18,19)(H,20,21). The maximum atomic E-state index is 13.7. The van der Waals surface area contributed by atoms with Gasteiger partial charge in [-0.1, -0.05) is 13.8 Å². The predicted molar refractivity (Wildman–Crippen MR) is 81.7 cm³/mol. The second kappa shape index (κ2) is 5.13. The van der Waals surface area contributed by atoms with Crippen LogP contribution in [0.5, 0.6) is 0 Å². The molecule has 0 saturated heterocycles. The Kier molecular flexibility index (Phi) is 3.43. The number of aromatic nitrogens is 3. The number of fused-ring (bicyclic) bond motifs is 1. The van der Waals surface area contributed by atoms with Crippen LogP contribution in [0.25, 0.3) is 11.3 Å². The summed E-state index contributed by atoms with van der Waals surface area (Å²) >= 11 is 0. The van der Waals surface area contributed by atoms with Gasteiger partial charge >= 0.3 is 0 Å². The first-order valence-electron chi connectivity index (χ1n) is 7.46. The van der Waals surface area contributed by atoms with Crippen molar-refractivity contribution in [2.75, 3.05) is 11.9 Å². The van der Waals surface area contributed by atoms with E-state index < -0.39 is 5.95 Å². The zero-order valence-electron chi connectivity index (χ0n) is 12.8. The van der Waals surface area contributed by atoms with Crippen molar-refractivity contribution in [1.82, 2.24) is 15.2 Å². The van der Waals surface area contributed by atoms with Crippen molar-refractivity contribution in [2.24, 2.45) is 5.41 Å². The Morgan fingerprint density at radius 2 is 2.19 bits per heavy atom. The summed E-state index contributed by atoms with van der Waals surface area (Å²) in [6, 6.07) is 3.32. The third kappa shape index (κ3) is 2.77. The molecule has 4 nitrogen and oxygen atoms in total. The van der Waals surface area contributed by atoms with Crippen LogP contribution in [0.3, 0.4) is 0 Å². The molecule has 112 valence electrons. The van der Waals surface area contributed by atoms with Gasteiger partial charge in [-0.3, -0.25) is 5.10 Å². The highest BCUT2D eigenvalue weighted by atomic mass is 19.1. The van der Waals surface area contributed by atoms with E-state index in [-0.39, 0.29) is 0 Å². The fraction of sp³-hybridized carbons (Fsp3) is 0.500. The first-order valence-corrected chi connectivity index (χ1v) is 7.46. The number of H-pyrrole nitrogens is 1. The number of hydrogen-bond donors (Lipinski definition) is 2. The second-order valence-electron chi connectivity index (χ2n) is 6.46. The number of nitrogens with zero attached hydrogens (tertiary/aromatic N) is 2. The second-order valence-corrected chi connectivity index (χ2v) is 6.46. The van der Waals surface area contributed by atoms with E-state index in [4.69, 9.17) is 0 Å². The first-order chi connectivity index (χ1) is 9.98. The average Bonchev–Trinajstić information content (AvgIpc) is 2.79. The SMILES string of the molecule is CCNc1cc(-c2n[nH]c3c2CCC(C)(C)C3)cc(F)n1. The quantitative estimate of drug-likeness (QED) is 0.849. The van der Waals surface area contributed by atoms with E-state index in [0.717, 1.165) is 30.5 Å². The summed E-state index contributed by atoms with van der Waals surface area (Å²) in [7, 11) is 0. The van der Waals surface area contributed by atoms with Gasteiger partial charge in [0, 0.05) is 29.4 Å². The molecule has 0 amide bonds. The summed E-state index contributed by atoms with van der Waals surface area (Å²) in [5, 5.41) is 10.6. The fourth-order valence-electron chi connectivity index (χ4n) is 2.99. The van der Waals surface area contributed by atoms with Crippen LogP contribution in [0.4, 0.5) is 10.2 Å². The lowest BCUT2D eigenvalue weighted by Gasteiger charge is -2.29. The van der Waals surface area contributed by atoms with Gasteiger partial charge in [-0.15, -0.1) is 0 Å². The van der Waals surface area contributed by atoms with E-state index in [2.05, 4.69) is 34.3 Å². The summed E-state index contributed by atoms with van der Waals surface area (Å²) in [6.07, 6.45) is 3.10. The molecule has 0 unspecified atom stereocenters. The molecule has 0 aromatic carbocycles. The molecule has 0 bridgehead atoms. The van der Waals surface area contributed by atoms with Gasteiger partial charge in [0.25, 0.3) is 0 Å². The largest absolute Gasteiger partial charge is 0.370 e. The van der Waals surface area contributed by atoms with Crippen LogP contribution in [0.2, 0.25) is 0 Å². The molecule has 0 spiro atoms. The van der Waals surface area contributed by atoms with Crippen molar-refractivity contribution in [2.45, 2.75) is 40.0 Å². The number of anilines is 1. The van der Waals surface area contributed by atoms with Crippen molar-refractivity contribution >= 4 is 5.82 Å². The van der Waals surface area contributed by atoms with Gasteiger partial charge < -0.3 is 5.32 Å². The van der Waals surface area contributed by atoms with Gasteiger partial charge in [0.15, 0.2) is 0 Å². The van der Waals surface area contributed by atoms with Gasteiger partial charge in [0.1, 0.15) is 5.82 Å². The summed E-state index contributed by atoms with van der Waals surface area (Å²) in [5.74, 6) is 0.0803. The van der Waals surface area contributed by atoms with Crippen LogP contribution in [0.15, 0.2) is 12.1 Å². The van der Waals surface area contributed by atoms with E-state index in [1.165, 1.54) is 17.3 Å². The molecule has 1 aliphatic carbocycles. The van der Waals surface area contributed by atoms with Crippen molar-refractivity contribution < 1.29 is 4.39 Å². The number of hydrogen-bond acceptors (Lipinski definition) is 3. The highest BCUT2D eigenvalue weighted by Crippen LogP contribution is 2.38. The molecule has 0 fully saturated rings. The summed E-state index contributed by atoms with van der Waals surface area (Å²) in [4.78, 5) is 3.85. The molecule has 1 aliphatic rings. The van der Waals surface area contributed by atoms with Crippen molar-refractivity contribution in [3.63, 3.8) is 0 Å². The van der Waals surface area contributed by atoms with E-state index in [0.29, 0.717) is 17.8 Å². The van der Waals surface area contributed by atoms with Crippen LogP contribution in [0.1, 0.15) is 38.4 Å². The molecule has 0 aliphatic heterocycles. The Bertz CT molecular complexity index is 660. The van der Waals surface area contributed by atoms with E-state index >= 15 is 0 Å². The number of rotatable bonds is 3. The molecule has 0 radical (unpaired) electrons. The molecule has 0 saturated carbocycles. The summed E-state index contributed by atoms with van der Waals surface area (Å²) in [6.45, 7) is 7.21. The van der Waals surface area contributed by atoms with Crippen LogP contribution in [0, 0.1) is 11.4 Å².